The normalized spacial score (nSPS) is 12.9. The Morgan fingerprint density at radius 2 is 1.06 bits per heavy atom. The quantitative estimate of drug-likeness (QED) is 0.164. The molecule has 8 aromatic rings. The largest absolute Gasteiger partial charge is 0.298 e. The van der Waals surface area contributed by atoms with Gasteiger partial charge in [0, 0.05) is 22.3 Å². The van der Waals surface area contributed by atoms with Gasteiger partial charge in [0.05, 0.1) is 11.4 Å². The number of benzene rings is 7. The highest BCUT2D eigenvalue weighted by Gasteiger charge is 2.21. The first-order valence-electron chi connectivity index (χ1n) is 17.5. The molecule has 0 bridgehead atoms. The summed E-state index contributed by atoms with van der Waals surface area (Å²) < 4.78 is 0. The molecule has 0 spiro atoms. The van der Waals surface area contributed by atoms with Gasteiger partial charge in [0.1, 0.15) is 5.71 Å². The summed E-state index contributed by atoms with van der Waals surface area (Å²) in [5.74, 6) is 1.79. The van der Waals surface area contributed by atoms with Gasteiger partial charge >= 0.3 is 0 Å². The second kappa shape index (κ2) is 13.8. The van der Waals surface area contributed by atoms with Gasteiger partial charge in [-0.05, 0) is 68.9 Å². The van der Waals surface area contributed by atoms with E-state index < -0.39 is 0 Å². The topological polar surface area (TPSA) is 86.9 Å². The lowest BCUT2D eigenvalue weighted by Gasteiger charge is -2.18. The minimum atomic E-state index is 0.370. The molecule has 53 heavy (non-hydrogen) atoms. The number of para-hydroxylation sites is 1. The Hall–Kier alpha value is -7.31. The maximum atomic E-state index is 9.26. The van der Waals surface area contributed by atoms with Crippen molar-refractivity contribution in [3.63, 3.8) is 0 Å². The second-order valence-electron chi connectivity index (χ2n) is 12.8. The fourth-order valence-electron chi connectivity index (χ4n) is 6.77. The summed E-state index contributed by atoms with van der Waals surface area (Å²) in [6.07, 6.45) is 3.92. The van der Waals surface area contributed by atoms with Crippen molar-refractivity contribution in [1.82, 2.24) is 15.0 Å². The average Bonchev–Trinajstić information content (AvgIpc) is 3.24. The Morgan fingerprint density at radius 3 is 1.83 bits per heavy atom. The van der Waals surface area contributed by atoms with Gasteiger partial charge in [-0.2, -0.15) is 5.10 Å². The zero-order chi connectivity index (χ0) is 35.6. The number of nitrogens with zero attached hydrogens (tertiary/aromatic N) is 4. The van der Waals surface area contributed by atoms with Crippen LogP contribution in [-0.2, 0) is 0 Å². The van der Waals surface area contributed by atoms with Gasteiger partial charge in [0.2, 0.25) is 0 Å². The lowest BCUT2D eigenvalue weighted by molar-refractivity contribution is 1.07. The van der Waals surface area contributed by atoms with E-state index in [9.17, 15) is 5.41 Å². The fraction of sp³-hybridized carbons (Fsp3) is 0. The zero-order valence-corrected chi connectivity index (χ0v) is 28.6. The van der Waals surface area contributed by atoms with Crippen molar-refractivity contribution in [1.29, 1.82) is 5.41 Å². The van der Waals surface area contributed by atoms with Crippen molar-refractivity contribution in [3.05, 3.63) is 187 Å². The van der Waals surface area contributed by atoms with E-state index in [4.69, 9.17) is 15.0 Å². The van der Waals surface area contributed by atoms with Gasteiger partial charge in [-0.3, -0.25) is 10.8 Å². The highest BCUT2D eigenvalue weighted by atomic mass is 15.3. The van der Waals surface area contributed by atoms with E-state index in [0.29, 0.717) is 28.9 Å². The first-order valence-corrected chi connectivity index (χ1v) is 17.5. The number of fused-ring (bicyclic) bond motifs is 3. The molecule has 0 amide bonds. The summed E-state index contributed by atoms with van der Waals surface area (Å²) in [5.41, 5.74) is 13.7. The van der Waals surface area contributed by atoms with Gasteiger partial charge < -0.3 is 0 Å². The lowest BCUT2D eigenvalue weighted by atomic mass is 9.87. The molecule has 0 saturated carbocycles. The molecule has 1 aromatic heterocycles. The Bertz CT molecular complexity index is 2700. The molecule has 6 heteroatoms. The molecular formula is C47H32N6. The summed E-state index contributed by atoms with van der Waals surface area (Å²) >= 11 is 0. The molecule has 0 fully saturated rings. The summed E-state index contributed by atoms with van der Waals surface area (Å²) in [6.45, 7) is 0. The van der Waals surface area contributed by atoms with Crippen LogP contribution in [0.15, 0.2) is 181 Å². The third-order valence-electron chi connectivity index (χ3n) is 9.43. The molecule has 7 aromatic carbocycles. The van der Waals surface area contributed by atoms with Crippen LogP contribution in [0.4, 0.5) is 5.69 Å². The van der Waals surface area contributed by atoms with Crippen molar-refractivity contribution >= 4 is 34.0 Å². The predicted octanol–water partition coefficient (Wildman–Crippen LogP) is 11.2. The van der Waals surface area contributed by atoms with E-state index in [1.807, 2.05) is 109 Å². The third kappa shape index (κ3) is 6.30. The zero-order valence-electron chi connectivity index (χ0n) is 28.6. The van der Waals surface area contributed by atoms with Crippen LogP contribution in [0.2, 0.25) is 0 Å². The van der Waals surface area contributed by atoms with Crippen LogP contribution in [0.3, 0.4) is 0 Å². The Labute approximate surface area is 307 Å². The van der Waals surface area contributed by atoms with Gasteiger partial charge in [-0.25, -0.2) is 15.0 Å². The van der Waals surface area contributed by atoms with Gasteiger partial charge in [-0.1, -0.05) is 152 Å². The molecule has 0 atom stereocenters. The molecule has 2 N–H and O–H groups in total. The lowest BCUT2D eigenvalue weighted by Crippen LogP contribution is -2.18. The molecule has 250 valence electrons. The van der Waals surface area contributed by atoms with Gasteiger partial charge in [0.15, 0.2) is 17.5 Å². The van der Waals surface area contributed by atoms with Crippen LogP contribution in [0.5, 0.6) is 0 Å². The van der Waals surface area contributed by atoms with Crippen molar-refractivity contribution in [2.24, 2.45) is 5.10 Å². The molecule has 0 saturated heterocycles. The van der Waals surface area contributed by atoms with Crippen molar-refractivity contribution in [3.8, 4) is 56.4 Å². The molecule has 1 heterocycles. The maximum Gasteiger partial charge on any atom is 0.164 e. The highest BCUT2D eigenvalue weighted by molar-refractivity contribution is 6.55. The molecule has 1 aliphatic carbocycles. The number of aromatic nitrogens is 3. The molecular weight excluding hydrogens is 649 g/mol. The van der Waals surface area contributed by atoms with E-state index in [-0.39, 0.29) is 0 Å². The van der Waals surface area contributed by atoms with Crippen molar-refractivity contribution in [2.75, 3.05) is 5.43 Å². The molecule has 6 nitrogen and oxygen atoms in total. The first kappa shape index (κ1) is 31.7. The van der Waals surface area contributed by atoms with Crippen LogP contribution < -0.4 is 5.43 Å². The van der Waals surface area contributed by atoms with E-state index >= 15 is 0 Å². The number of nitrogens with one attached hydrogen (secondary N) is 2. The van der Waals surface area contributed by atoms with E-state index in [1.54, 1.807) is 0 Å². The molecule has 1 aliphatic rings. The van der Waals surface area contributed by atoms with Crippen LogP contribution in [0, 0.1) is 5.41 Å². The molecule has 9 rings (SSSR count). The third-order valence-corrected chi connectivity index (χ3v) is 9.43. The SMILES string of the molecule is N=C1/C(=N\Nc2ccccc2)C=Cc2ccc3ccc(-c4ccccc4-c4nc(-c5ccccc5)nc(-c5cccc(-c6ccccc6)c5)n4)cc3c21. The summed E-state index contributed by atoms with van der Waals surface area (Å²) in [7, 11) is 0. The van der Waals surface area contributed by atoms with Crippen LogP contribution in [-0.4, -0.2) is 26.4 Å². The van der Waals surface area contributed by atoms with Crippen LogP contribution >= 0.6 is 0 Å². The first-order chi connectivity index (χ1) is 26.2. The second-order valence-corrected chi connectivity index (χ2v) is 12.8. The standard InChI is InChI=1S/C47H32N6/c48-44-42(53-52-38-19-8-3-9-20-38)28-27-33-25-23-32-24-26-36(30-41(32)43(33)44)39-21-10-11-22-40(39)47-50-45(34-15-6-2-7-16-34)49-46(51-47)37-18-12-17-35(29-37)31-13-4-1-5-14-31/h1-30,48,52H/b48-44?,53-42-. The van der Waals surface area contributed by atoms with Gasteiger partial charge in [-0.15, -0.1) is 0 Å². The molecule has 0 aliphatic heterocycles. The Balaban J connectivity index is 1.16. The number of hydrazone groups is 1. The monoisotopic (exact) mass is 680 g/mol. The summed E-state index contributed by atoms with van der Waals surface area (Å²) in [6, 6.07) is 57.3. The number of rotatable bonds is 7. The fourth-order valence-corrected chi connectivity index (χ4v) is 6.77. The van der Waals surface area contributed by atoms with Crippen molar-refractivity contribution < 1.29 is 0 Å². The number of anilines is 1. The number of allylic oxidation sites excluding steroid dienone is 1. The van der Waals surface area contributed by atoms with Crippen LogP contribution in [0.1, 0.15) is 11.1 Å². The Morgan fingerprint density at radius 1 is 0.453 bits per heavy atom. The predicted molar refractivity (Wildman–Crippen MR) is 218 cm³/mol. The average molecular weight is 681 g/mol. The Kier molecular flexibility index (Phi) is 8.23. The van der Waals surface area contributed by atoms with Gasteiger partial charge in [0.25, 0.3) is 0 Å². The maximum absolute atomic E-state index is 9.26. The van der Waals surface area contributed by atoms with Crippen LogP contribution in [0.25, 0.3) is 73.3 Å². The number of hydrogen-bond acceptors (Lipinski definition) is 6. The minimum absolute atomic E-state index is 0.370. The number of hydrogen-bond donors (Lipinski definition) is 2. The van der Waals surface area contributed by atoms with E-state index in [2.05, 4.69) is 83.3 Å². The van der Waals surface area contributed by atoms with E-state index in [1.165, 1.54) is 0 Å². The summed E-state index contributed by atoms with van der Waals surface area (Å²) in [4.78, 5) is 15.2. The minimum Gasteiger partial charge on any atom is -0.298 e. The van der Waals surface area contributed by atoms with E-state index in [0.717, 1.165) is 66.5 Å². The highest BCUT2D eigenvalue weighted by Crippen LogP contribution is 2.36. The van der Waals surface area contributed by atoms with Crippen molar-refractivity contribution in [2.45, 2.75) is 0 Å². The molecule has 0 radical (unpaired) electrons. The summed E-state index contributed by atoms with van der Waals surface area (Å²) in [5, 5.41) is 15.9. The smallest absolute Gasteiger partial charge is 0.164 e. The molecule has 0 unspecified atom stereocenters.